The van der Waals surface area contributed by atoms with E-state index in [4.69, 9.17) is 10.5 Å². The maximum absolute atomic E-state index is 12.5. The van der Waals surface area contributed by atoms with E-state index in [1.54, 1.807) is 6.92 Å². The van der Waals surface area contributed by atoms with Crippen LogP contribution in [0.15, 0.2) is 10.7 Å². The van der Waals surface area contributed by atoms with Crippen LogP contribution < -0.4 is 5.73 Å². The van der Waals surface area contributed by atoms with E-state index in [-0.39, 0.29) is 16.3 Å². The van der Waals surface area contributed by atoms with E-state index in [9.17, 15) is 8.78 Å². The molecular weight excluding hydrogens is 270 g/mol. The first-order chi connectivity index (χ1) is 6.99. The number of hydrogen-bond donors (Lipinski definition) is 1. The molecule has 0 aliphatic carbocycles. The second-order valence-corrected chi connectivity index (χ2v) is 3.80. The number of aromatic nitrogens is 1. The number of pyridine rings is 1. The summed E-state index contributed by atoms with van der Waals surface area (Å²) in [4.78, 5) is 3.58. The SMILES string of the molecule is COC(C)c1c(N)cnc(C(F)F)c1Br. The Bertz CT molecular complexity index is 360. The van der Waals surface area contributed by atoms with Gasteiger partial charge in [-0.2, -0.15) is 0 Å². The number of nitrogen functional groups attached to an aromatic ring is 1. The first-order valence-corrected chi connectivity index (χ1v) is 5.03. The summed E-state index contributed by atoms with van der Waals surface area (Å²) in [5.74, 6) is 0. The molecule has 1 heterocycles. The quantitative estimate of drug-likeness (QED) is 0.926. The molecule has 1 atom stereocenters. The Balaban J connectivity index is 3.30. The van der Waals surface area contributed by atoms with Gasteiger partial charge >= 0.3 is 0 Å². The summed E-state index contributed by atoms with van der Waals surface area (Å²) in [7, 11) is 1.49. The van der Waals surface area contributed by atoms with E-state index in [0.29, 0.717) is 11.3 Å². The predicted molar refractivity (Wildman–Crippen MR) is 56.7 cm³/mol. The lowest BCUT2D eigenvalue weighted by molar-refractivity contribution is 0.117. The lowest BCUT2D eigenvalue weighted by Gasteiger charge is -2.16. The number of methoxy groups -OCH3 is 1. The van der Waals surface area contributed by atoms with Crippen LogP contribution >= 0.6 is 15.9 Å². The second kappa shape index (κ2) is 4.85. The zero-order valence-corrected chi connectivity index (χ0v) is 9.88. The number of anilines is 1. The van der Waals surface area contributed by atoms with Crippen molar-refractivity contribution in [3.63, 3.8) is 0 Å². The number of rotatable bonds is 3. The number of hydrogen-bond acceptors (Lipinski definition) is 3. The largest absolute Gasteiger partial charge is 0.397 e. The van der Waals surface area contributed by atoms with Crippen molar-refractivity contribution in [2.75, 3.05) is 12.8 Å². The Morgan fingerprint density at radius 3 is 2.60 bits per heavy atom. The van der Waals surface area contributed by atoms with Crippen molar-refractivity contribution < 1.29 is 13.5 Å². The van der Waals surface area contributed by atoms with Crippen molar-refractivity contribution >= 4 is 21.6 Å². The first-order valence-electron chi connectivity index (χ1n) is 4.23. The molecule has 0 saturated heterocycles. The molecule has 0 amide bonds. The Morgan fingerprint density at radius 1 is 1.53 bits per heavy atom. The number of halogens is 3. The van der Waals surface area contributed by atoms with E-state index in [2.05, 4.69) is 20.9 Å². The molecule has 0 aliphatic rings. The molecule has 0 aliphatic heterocycles. The van der Waals surface area contributed by atoms with E-state index in [1.807, 2.05) is 0 Å². The average Bonchev–Trinajstić information content (AvgIpc) is 2.16. The normalized spacial score (nSPS) is 13.2. The zero-order valence-electron chi connectivity index (χ0n) is 8.30. The van der Waals surface area contributed by atoms with Gasteiger partial charge in [0.1, 0.15) is 5.69 Å². The van der Waals surface area contributed by atoms with Crippen molar-refractivity contribution in [1.29, 1.82) is 0 Å². The van der Waals surface area contributed by atoms with E-state index < -0.39 is 6.43 Å². The van der Waals surface area contributed by atoms with Gasteiger partial charge in [0.25, 0.3) is 6.43 Å². The molecule has 0 aromatic carbocycles. The van der Waals surface area contributed by atoms with Crippen LogP contribution in [0.2, 0.25) is 0 Å². The summed E-state index contributed by atoms with van der Waals surface area (Å²) in [6.07, 6.45) is -1.78. The Morgan fingerprint density at radius 2 is 2.13 bits per heavy atom. The molecular formula is C9H11BrF2N2O. The van der Waals surface area contributed by atoms with Crippen LogP contribution in [0.4, 0.5) is 14.5 Å². The second-order valence-electron chi connectivity index (χ2n) is 3.01. The highest BCUT2D eigenvalue weighted by Crippen LogP contribution is 2.35. The van der Waals surface area contributed by atoms with Crippen LogP contribution in [0.1, 0.15) is 30.7 Å². The minimum Gasteiger partial charge on any atom is -0.397 e. The molecule has 15 heavy (non-hydrogen) atoms. The molecule has 3 nitrogen and oxygen atoms in total. The topological polar surface area (TPSA) is 48.1 Å². The van der Waals surface area contributed by atoms with Crippen LogP contribution in [0.5, 0.6) is 0 Å². The highest BCUT2D eigenvalue weighted by Gasteiger charge is 2.21. The molecule has 1 aromatic heterocycles. The summed E-state index contributed by atoms with van der Waals surface area (Å²) >= 11 is 3.07. The number of ether oxygens (including phenoxy) is 1. The van der Waals surface area contributed by atoms with Crippen LogP contribution in [-0.2, 0) is 4.74 Å². The maximum Gasteiger partial charge on any atom is 0.281 e. The van der Waals surface area contributed by atoms with Gasteiger partial charge in [-0.1, -0.05) is 0 Å². The molecule has 0 fully saturated rings. The van der Waals surface area contributed by atoms with E-state index in [1.165, 1.54) is 13.3 Å². The van der Waals surface area contributed by atoms with Crippen molar-refractivity contribution in [1.82, 2.24) is 4.98 Å². The van der Waals surface area contributed by atoms with Crippen LogP contribution in [0, 0.1) is 0 Å². The highest BCUT2D eigenvalue weighted by molar-refractivity contribution is 9.10. The molecule has 1 rings (SSSR count). The third kappa shape index (κ3) is 2.43. The van der Waals surface area contributed by atoms with Gasteiger partial charge in [-0.05, 0) is 22.9 Å². The van der Waals surface area contributed by atoms with E-state index in [0.717, 1.165) is 0 Å². The molecule has 84 valence electrons. The minimum atomic E-state index is -2.64. The zero-order chi connectivity index (χ0) is 11.6. The summed E-state index contributed by atoms with van der Waals surface area (Å²) < 4.78 is 30.3. The van der Waals surface area contributed by atoms with Crippen molar-refractivity contribution in [3.05, 3.63) is 21.9 Å². The molecule has 1 unspecified atom stereocenters. The van der Waals surface area contributed by atoms with Crippen LogP contribution in [0.25, 0.3) is 0 Å². The smallest absolute Gasteiger partial charge is 0.281 e. The number of alkyl halides is 2. The third-order valence-electron chi connectivity index (χ3n) is 2.08. The Labute approximate surface area is 94.8 Å². The van der Waals surface area contributed by atoms with Crippen LogP contribution in [0.3, 0.4) is 0 Å². The van der Waals surface area contributed by atoms with Gasteiger partial charge in [-0.25, -0.2) is 8.78 Å². The molecule has 0 saturated carbocycles. The summed E-state index contributed by atoms with van der Waals surface area (Å²) in [6.45, 7) is 1.73. The van der Waals surface area contributed by atoms with E-state index >= 15 is 0 Å². The molecule has 0 radical (unpaired) electrons. The fourth-order valence-corrected chi connectivity index (χ4v) is 2.04. The maximum atomic E-state index is 12.5. The summed E-state index contributed by atoms with van der Waals surface area (Å²) in [5, 5.41) is 0. The van der Waals surface area contributed by atoms with Gasteiger partial charge in [-0.3, -0.25) is 4.98 Å². The van der Waals surface area contributed by atoms with Gasteiger partial charge < -0.3 is 10.5 Å². The molecule has 6 heteroatoms. The lowest BCUT2D eigenvalue weighted by atomic mass is 10.1. The van der Waals surface area contributed by atoms with Gasteiger partial charge in [0.05, 0.1) is 22.5 Å². The number of nitrogens with zero attached hydrogens (tertiary/aromatic N) is 1. The Kier molecular flexibility index (Phi) is 3.98. The van der Waals surface area contributed by atoms with Crippen molar-refractivity contribution in [2.24, 2.45) is 0 Å². The molecule has 0 spiro atoms. The summed E-state index contributed by atoms with van der Waals surface area (Å²) in [5.41, 5.74) is 6.17. The van der Waals surface area contributed by atoms with Gasteiger partial charge in [0.2, 0.25) is 0 Å². The van der Waals surface area contributed by atoms with Gasteiger partial charge in [0.15, 0.2) is 0 Å². The predicted octanol–water partition coefficient (Wildman–Crippen LogP) is 3.07. The van der Waals surface area contributed by atoms with Gasteiger partial charge in [-0.15, -0.1) is 0 Å². The first kappa shape index (κ1) is 12.3. The molecule has 0 bridgehead atoms. The lowest BCUT2D eigenvalue weighted by Crippen LogP contribution is -2.06. The van der Waals surface area contributed by atoms with Crippen molar-refractivity contribution in [3.8, 4) is 0 Å². The summed E-state index contributed by atoms with van der Waals surface area (Å²) in [6, 6.07) is 0. The fraction of sp³-hybridized carbons (Fsp3) is 0.444. The monoisotopic (exact) mass is 280 g/mol. The van der Waals surface area contributed by atoms with Crippen molar-refractivity contribution in [2.45, 2.75) is 19.5 Å². The van der Waals surface area contributed by atoms with Crippen LogP contribution in [-0.4, -0.2) is 12.1 Å². The molecule has 2 N–H and O–H groups in total. The Hall–Kier alpha value is -0.750. The average molecular weight is 281 g/mol. The number of nitrogens with two attached hydrogens (primary N) is 1. The highest BCUT2D eigenvalue weighted by atomic mass is 79.9. The third-order valence-corrected chi connectivity index (χ3v) is 2.92. The standard InChI is InChI=1S/C9H11BrF2N2O/c1-4(15-2)6-5(13)3-14-8(7(6)10)9(11)12/h3-4,9H,13H2,1-2H3. The van der Waals surface area contributed by atoms with Gasteiger partial charge in [0, 0.05) is 12.7 Å². The fourth-order valence-electron chi connectivity index (χ4n) is 1.21. The minimum absolute atomic E-state index is 0.215. The molecule has 1 aromatic rings.